The molecule has 0 radical (unpaired) electrons. The molecule has 1 aromatic carbocycles. The molecular weight excluding hydrogens is 773 g/mol. The van der Waals surface area contributed by atoms with Gasteiger partial charge in [-0.2, -0.15) is 0 Å². The molecule has 0 fully saturated rings. The lowest BCUT2D eigenvalue weighted by atomic mass is 10.0. The van der Waals surface area contributed by atoms with Crippen LogP contribution in [0.4, 0.5) is 0 Å². The summed E-state index contributed by atoms with van der Waals surface area (Å²) < 4.78 is 66.4. The smallest absolute Gasteiger partial charge is 0.150 e. The molecule has 60 heavy (non-hydrogen) atoms. The van der Waals surface area contributed by atoms with E-state index in [1.54, 1.807) is 24.3 Å². The van der Waals surface area contributed by atoms with Crippen molar-refractivity contribution >= 4 is 6.29 Å². The summed E-state index contributed by atoms with van der Waals surface area (Å²) in [5.74, 6) is 0.706. The summed E-state index contributed by atoms with van der Waals surface area (Å²) in [6.45, 7) is 14.5. The minimum atomic E-state index is 0.432. The van der Waals surface area contributed by atoms with Crippen molar-refractivity contribution in [1.82, 2.24) is 0 Å². The zero-order valence-corrected chi connectivity index (χ0v) is 37.8. The number of ether oxygens (including phenoxy) is 12. The van der Waals surface area contributed by atoms with E-state index in [9.17, 15) is 4.79 Å². The molecule has 1 rings (SSSR count). The van der Waals surface area contributed by atoms with Crippen LogP contribution in [0.15, 0.2) is 24.3 Å². The minimum Gasteiger partial charge on any atom is -0.491 e. The van der Waals surface area contributed by atoms with Gasteiger partial charge in [-0.1, -0.05) is 103 Å². The van der Waals surface area contributed by atoms with E-state index in [1.165, 1.54) is 96.3 Å². The van der Waals surface area contributed by atoms with Gasteiger partial charge in [-0.15, -0.1) is 0 Å². The fraction of sp³-hybridized carbons (Fsp3) is 0.851. The van der Waals surface area contributed by atoms with E-state index < -0.39 is 0 Å². The maximum absolute atomic E-state index is 10.7. The van der Waals surface area contributed by atoms with E-state index in [4.69, 9.17) is 56.8 Å². The largest absolute Gasteiger partial charge is 0.491 e. The monoisotopic (exact) mass is 859 g/mol. The molecule has 0 amide bonds. The second-order valence-corrected chi connectivity index (χ2v) is 14.6. The number of benzene rings is 1. The SMILES string of the molecule is CCCCCCCCCCCCCCCCCCOCCOCCOCCOCCOCCOCCOCCOCCOCCOCCOCCOc1ccc(C=O)cc1. The second-order valence-electron chi connectivity index (χ2n) is 14.6. The number of hydrogen-bond donors (Lipinski definition) is 0. The van der Waals surface area contributed by atoms with Crippen molar-refractivity contribution in [2.75, 3.05) is 152 Å². The van der Waals surface area contributed by atoms with Gasteiger partial charge in [0.05, 0.1) is 139 Å². The highest BCUT2D eigenvalue weighted by Gasteiger charge is 1.99. The van der Waals surface area contributed by atoms with Crippen LogP contribution in [0.3, 0.4) is 0 Å². The normalized spacial score (nSPS) is 11.5. The average molecular weight is 859 g/mol. The van der Waals surface area contributed by atoms with Gasteiger partial charge in [0.25, 0.3) is 0 Å². The highest BCUT2D eigenvalue weighted by molar-refractivity contribution is 5.74. The van der Waals surface area contributed by atoms with E-state index >= 15 is 0 Å². The number of aldehydes is 1. The number of unbranched alkanes of at least 4 members (excludes halogenated alkanes) is 15. The topological polar surface area (TPSA) is 128 Å². The third-order valence-electron chi connectivity index (χ3n) is 9.37. The van der Waals surface area contributed by atoms with Crippen molar-refractivity contribution in [3.63, 3.8) is 0 Å². The Morgan fingerprint density at radius 3 is 0.800 bits per heavy atom. The van der Waals surface area contributed by atoms with Gasteiger partial charge in [-0.25, -0.2) is 0 Å². The molecule has 0 heterocycles. The van der Waals surface area contributed by atoms with Crippen molar-refractivity contribution in [3.8, 4) is 5.75 Å². The Kier molecular flexibility index (Phi) is 46.8. The fourth-order valence-electron chi connectivity index (χ4n) is 5.91. The van der Waals surface area contributed by atoms with Gasteiger partial charge in [0.15, 0.2) is 0 Å². The first kappa shape index (κ1) is 56.3. The molecule has 1 aromatic rings. The first-order valence-corrected chi connectivity index (χ1v) is 23.4. The van der Waals surface area contributed by atoms with Gasteiger partial charge in [0.1, 0.15) is 18.6 Å². The molecule has 0 bridgehead atoms. The van der Waals surface area contributed by atoms with Gasteiger partial charge in [0.2, 0.25) is 0 Å². The van der Waals surface area contributed by atoms with Crippen LogP contribution in [0, 0.1) is 0 Å². The molecule has 352 valence electrons. The van der Waals surface area contributed by atoms with Crippen LogP contribution in [-0.4, -0.2) is 158 Å². The third kappa shape index (κ3) is 44.3. The maximum Gasteiger partial charge on any atom is 0.150 e. The number of carbonyl (C=O) groups is 1. The predicted molar refractivity (Wildman–Crippen MR) is 236 cm³/mol. The Labute approximate surface area is 364 Å². The van der Waals surface area contributed by atoms with Gasteiger partial charge < -0.3 is 56.8 Å². The summed E-state index contributed by atoms with van der Waals surface area (Å²) in [7, 11) is 0. The summed E-state index contributed by atoms with van der Waals surface area (Å²) >= 11 is 0. The van der Waals surface area contributed by atoms with Crippen molar-refractivity contribution in [2.24, 2.45) is 0 Å². The van der Waals surface area contributed by atoms with E-state index in [0.29, 0.717) is 157 Å². The van der Waals surface area contributed by atoms with Crippen LogP contribution < -0.4 is 4.74 Å². The summed E-state index contributed by atoms with van der Waals surface area (Å²) in [5.41, 5.74) is 0.620. The molecule has 0 atom stereocenters. The van der Waals surface area contributed by atoms with Crippen LogP contribution in [-0.2, 0) is 52.1 Å². The zero-order valence-electron chi connectivity index (χ0n) is 37.8. The number of rotatable bonds is 52. The van der Waals surface area contributed by atoms with Crippen molar-refractivity contribution in [2.45, 2.75) is 110 Å². The lowest BCUT2D eigenvalue weighted by Gasteiger charge is -2.09. The molecule has 13 heteroatoms. The van der Waals surface area contributed by atoms with Crippen molar-refractivity contribution in [1.29, 1.82) is 0 Å². The summed E-state index contributed by atoms with van der Waals surface area (Å²) in [5, 5.41) is 0. The van der Waals surface area contributed by atoms with E-state index in [1.807, 2.05) is 0 Å². The standard InChI is InChI=1S/C47H86O13/c1-2-3-4-5-6-7-8-9-10-11-12-13-14-15-16-17-22-49-23-24-50-25-26-51-27-28-52-29-30-53-31-32-54-33-34-55-35-36-56-37-38-57-39-40-58-41-42-59-43-44-60-47-20-18-46(45-48)19-21-47/h18-21,45H,2-17,22-44H2,1H3. The van der Waals surface area contributed by atoms with Crippen LogP contribution in [0.2, 0.25) is 0 Å². The van der Waals surface area contributed by atoms with Gasteiger partial charge in [-0.3, -0.25) is 4.79 Å². The molecule has 0 saturated heterocycles. The molecule has 0 N–H and O–H groups in total. The molecule has 0 aliphatic rings. The van der Waals surface area contributed by atoms with Crippen LogP contribution >= 0.6 is 0 Å². The lowest BCUT2D eigenvalue weighted by Crippen LogP contribution is -2.15. The summed E-state index contributed by atoms with van der Waals surface area (Å²) in [6.07, 6.45) is 22.9. The Bertz CT molecular complexity index is 956. The third-order valence-corrected chi connectivity index (χ3v) is 9.37. The highest BCUT2D eigenvalue weighted by Crippen LogP contribution is 2.14. The Balaban J connectivity index is 1.61. The lowest BCUT2D eigenvalue weighted by molar-refractivity contribution is -0.0277. The highest BCUT2D eigenvalue weighted by atomic mass is 16.6. The van der Waals surface area contributed by atoms with Gasteiger partial charge in [-0.05, 0) is 30.7 Å². The van der Waals surface area contributed by atoms with Crippen LogP contribution in [0.25, 0.3) is 0 Å². The molecule has 13 nitrogen and oxygen atoms in total. The first-order chi connectivity index (χ1) is 29.9. The minimum absolute atomic E-state index is 0.432. The molecule has 0 aliphatic heterocycles. The Hall–Kier alpha value is -1.75. The Morgan fingerprint density at radius 1 is 0.300 bits per heavy atom. The van der Waals surface area contributed by atoms with Crippen molar-refractivity contribution in [3.05, 3.63) is 29.8 Å². The molecule has 0 saturated carbocycles. The molecule has 0 aromatic heterocycles. The van der Waals surface area contributed by atoms with Crippen LogP contribution in [0.1, 0.15) is 120 Å². The molecule has 0 aliphatic carbocycles. The summed E-state index contributed by atoms with van der Waals surface area (Å²) in [4.78, 5) is 10.7. The fourth-order valence-corrected chi connectivity index (χ4v) is 5.91. The number of hydrogen-bond acceptors (Lipinski definition) is 13. The summed E-state index contributed by atoms with van der Waals surface area (Å²) in [6, 6.07) is 6.95. The van der Waals surface area contributed by atoms with E-state index in [0.717, 1.165) is 19.3 Å². The Morgan fingerprint density at radius 2 is 0.533 bits per heavy atom. The maximum atomic E-state index is 10.7. The van der Waals surface area contributed by atoms with Gasteiger partial charge in [0, 0.05) is 12.2 Å². The van der Waals surface area contributed by atoms with E-state index in [-0.39, 0.29) is 0 Å². The van der Waals surface area contributed by atoms with E-state index in [2.05, 4.69) is 6.92 Å². The zero-order chi connectivity index (χ0) is 42.8. The predicted octanol–water partition coefficient (Wildman–Crippen LogP) is 8.32. The number of carbonyl (C=O) groups excluding carboxylic acids is 1. The molecule has 0 spiro atoms. The first-order valence-electron chi connectivity index (χ1n) is 23.4. The van der Waals surface area contributed by atoms with Gasteiger partial charge >= 0.3 is 0 Å². The molecule has 0 unspecified atom stereocenters. The quantitative estimate of drug-likeness (QED) is 0.0461. The average Bonchev–Trinajstić information content (AvgIpc) is 3.27. The van der Waals surface area contributed by atoms with Crippen molar-refractivity contribution < 1.29 is 61.6 Å². The van der Waals surface area contributed by atoms with Crippen LogP contribution in [0.5, 0.6) is 5.75 Å². The molecular formula is C47H86O13. The second kappa shape index (κ2) is 49.9.